The summed E-state index contributed by atoms with van der Waals surface area (Å²) in [5.41, 5.74) is 3.53. The van der Waals surface area contributed by atoms with E-state index in [1.165, 1.54) is 16.9 Å². The number of carbonyl (C=O) groups is 1. The van der Waals surface area contributed by atoms with Crippen LogP contribution in [0.2, 0.25) is 0 Å². The fourth-order valence-corrected chi connectivity index (χ4v) is 6.45. The van der Waals surface area contributed by atoms with Crippen LogP contribution in [0, 0.1) is 0 Å². The molecule has 0 unspecified atom stereocenters. The van der Waals surface area contributed by atoms with E-state index < -0.39 is 12.0 Å². The molecule has 1 aliphatic rings. The van der Waals surface area contributed by atoms with Crippen LogP contribution in [0.4, 0.5) is 0 Å². The number of fused-ring (bicyclic) bond motifs is 1. The van der Waals surface area contributed by atoms with Crippen LogP contribution in [0.15, 0.2) is 130 Å². The highest BCUT2D eigenvalue weighted by Crippen LogP contribution is 2.31. The van der Waals surface area contributed by atoms with Crippen molar-refractivity contribution < 1.29 is 19.0 Å². The van der Waals surface area contributed by atoms with Gasteiger partial charge in [-0.1, -0.05) is 105 Å². The van der Waals surface area contributed by atoms with Gasteiger partial charge in [-0.2, -0.15) is 0 Å². The largest absolute Gasteiger partial charge is 0.490 e. The highest BCUT2D eigenvalue weighted by atomic mass is 32.1. The molecule has 47 heavy (non-hydrogen) atoms. The summed E-state index contributed by atoms with van der Waals surface area (Å²) in [6.07, 6.45) is 1.83. The number of allylic oxidation sites excluding steroid dienone is 1. The molecule has 0 radical (unpaired) electrons. The average Bonchev–Trinajstić information content (AvgIpc) is 3.36. The second kappa shape index (κ2) is 13.6. The summed E-state index contributed by atoms with van der Waals surface area (Å²) in [6, 6.07) is 33.4. The molecule has 0 aliphatic carbocycles. The molecule has 5 aromatic rings. The van der Waals surface area contributed by atoms with Gasteiger partial charge in [0.05, 0.1) is 21.8 Å². The third-order valence-corrected chi connectivity index (χ3v) is 8.79. The number of carbonyl (C=O) groups excluding carboxylic acids is 1. The van der Waals surface area contributed by atoms with E-state index >= 15 is 0 Å². The number of ether oxygens (including phenoxy) is 3. The zero-order chi connectivity index (χ0) is 33.0. The van der Waals surface area contributed by atoms with Crippen molar-refractivity contribution in [2.75, 3.05) is 13.2 Å². The molecule has 0 spiro atoms. The second-order valence-electron chi connectivity index (χ2n) is 12.2. The molecule has 0 fully saturated rings. The first-order valence-corrected chi connectivity index (χ1v) is 16.3. The van der Waals surface area contributed by atoms with Crippen LogP contribution in [-0.2, 0) is 10.2 Å². The van der Waals surface area contributed by atoms with Crippen molar-refractivity contribution in [3.8, 4) is 17.2 Å². The summed E-state index contributed by atoms with van der Waals surface area (Å²) in [6.45, 7) is 9.09. The van der Waals surface area contributed by atoms with E-state index in [1.807, 2.05) is 78.9 Å². The molecule has 1 aliphatic heterocycles. The number of benzene rings is 4. The number of hydrogen-bond acceptors (Lipinski definition) is 7. The lowest BCUT2D eigenvalue weighted by Gasteiger charge is -2.24. The summed E-state index contributed by atoms with van der Waals surface area (Å²) in [4.78, 5) is 32.8. The summed E-state index contributed by atoms with van der Waals surface area (Å²) in [5, 5.41) is 0. The van der Waals surface area contributed by atoms with Crippen molar-refractivity contribution in [2.24, 2.45) is 4.99 Å². The molecule has 0 saturated heterocycles. The van der Waals surface area contributed by atoms with Crippen LogP contribution in [-0.4, -0.2) is 23.8 Å². The first-order valence-electron chi connectivity index (χ1n) is 15.5. The maximum Gasteiger partial charge on any atom is 0.343 e. The second-order valence-corrected chi connectivity index (χ2v) is 13.2. The van der Waals surface area contributed by atoms with Crippen LogP contribution in [0.5, 0.6) is 17.2 Å². The van der Waals surface area contributed by atoms with Crippen molar-refractivity contribution in [1.82, 2.24) is 4.57 Å². The lowest BCUT2D eigenvalue weighted by molar-refractivity contribution is -0.130. The minimum atomic E-state index is -0.690. The summed E-state index contributed by atoms with van der Waals surface area (Å²) in [7, 11) is 0. The normalized spacial score (nSPS) is 14.7. The topological polar surface area (TPSA) is 79.1 Å². The van der Waals surface area contributed by atoms with Crippen molar-refractivity contribution in [2.45, 2.75) is 39.2 Å². The summed E-state index contributed by atoms with van der Waals surface area (Å²) >= 11 is 1.29. The molecular formula is C39H36N2O5S. The van der Waals surface area contributed by atoms with Crippen LogP contribution in [0.3, 0.4) is 0 Å². The third kappa shape index (κ3) is 7.28. The smallest absolute Gasteiger partial charge is 0.343 e. The molecule has 238 valence electrons. The van der Waals surface area contributed by atoms with Crippen LogP contribution >= 0.6 is 11.3 Å². The van der Waals surface area contributed by atoms with E-state index in [1.54, 1.807) is 35.8 Å². The molecule has 4 aromatic carbocycles. The molecule has 1 atom stereocenters. The predicted molar refractivity (Wildman–Crippen MR) is 185 cm³/mol. The molecule has 7 nitrogen and oxygen atoms in total. The number of hydrogen-bond donors (Lipinski definition) is 0. The lowest BCUT2D eigenvalue weighted by Crippen LogP contribution is -2.40. The maximum absolute atomic E-state index is 14.0. The Hall–Kier alpha value is -5.21. The Kier molecular flexibility index (Phi) is 9.22. The van der Waals surface area contributed by atoms with Gasteiger partial charge in [0.25, 0.3) is 5.56 Å². The minimum Gasteiger partial charge on any atom is -0.490 e. The average molecular weight is 645 g/mol. The van der Waals surface area contributed by atoms with E-state index in [0.29, 0.717) is 45.3 Å². The Labute approximate surface area is 277 Å². The third-order valence-electron chi connectivity index (χ3n) is 7.81. The highest BCUT2D eigenvalue weighted by Gasteiger charge is 2.33. The Bertz CT molecular complexity index is 2090. The quantitative estimate of drug-likeness (QED) is 0.103. The van der Waals surface area contributed by atoms with Crippen molar-refractivity contribution >= 4 is 23.4 Å². The molecule has 0 amide bonds. The van der Waals surface area contributed by atoms with Gasteiger partial charge in [-0.3, -0.25) is 9.36 Å². The van der Waals surface area contributed by atoms with Gasteiger partial charge in [0, 0.05) is 0 Å². The van der Waals surface area contributed by atoms with Gasteiger partial charge < -0.3 is 14.2 Å². The van der Waals surface area contributed by atoms with Gasteiger partial charge in [0.2, 0.25) is 0 Å². The fraction of sp³-hybridized carbons (Fsp3) is 0.205. The van der Waals surface area contributed by atoms with E-state index in [0.717, 1.165) is 16.9 Å². The van der Waals surface area contributed by atoms with Crippen molar-refractivity contribution in [3.05, 3.63) is 157 Å². The standard InChI is InChI=1S/C39H36N2O5S/c1-26-34(37(43)46-31-15-9-6-10-16-31)35(28-13-7-5-8-14-28)41-36(42)33(47-38(41)40-26)25-27-12-11-17-32(24-27)45-23-22-44-30-20-18-29(19-21-30)39(2,3)4/h5-21,24-25,35H,22-23H2,1-4H3/b33-25-/t35-/m1/s1. The number of thiazole rings is 1. The number of rotatable bonds is 9. The van der Waals surface area contributed by atoms with Gasteiger partial charge >= 0.3 is 5.97 Å². The molecular weight excluding hydrogens is 609 g/mol. The Morgan fingerprint density at radius 1 is 0.830 bits per heavy atom. The Morgan fingerprint density at radius 3 is 2.15 bits per heavy atom. The zero-order valence-electron chi connectivity index (χ0n) is 26.8. The predicted octanol–water partition coefficient (Wildman–Crippen LogP) is 6.60. The molecule has 0 bridgehead atoms. The van der Waals surface area contributed by atoms with E-state index in [-0.39, 0.29) is 11.0 Å². The maximum atomic E-state index is 14.0. The SMILES string of the molecule is CC1=C(C(=O)Oc2ccccc2)[C@@H](c2ccccc2)n2c(s/c(=C\c3cccc(OCCOc4ccc(C(C)(C)C)cc4)c3)c2=O)=N1. The Balaban J connectivity index is 1.23. The van der Waals surface area contributed by atoms with Crippen molar-refractivity contribution in [1.29, 1.82) is 0 Å². The van der Waals surface area contributed by atoms with Gasteiger partial charge in [0.15, 0.2) is 4.80 Å². The van der Waals surface area contributed by atoms with Crippen molar-refractivity contribution in [3.63, 3.8) is 0 Å². The van der Waals surface area contributed by atoms with Crippen LogP contribution < -0.4 is 29.1 Å². The first kappa shape index (κ1) is 31.8. The minimum absolute atomic E-state index is 0.0886. The molecule has 2 heterocycles. The summed E-state index contributed by atoms with van der Waals surface area (Å²) in [5.74, 6) is 1.34. The summed E-state index contributed by atoms with van der Waals surface area (Å²) < 4.78 is 19.7. The molecule has 6 rings (SSSR count). The molecule has 8 heteroatoms. The lowest BCUT2D eigenvalue weighted by atomic mass is 9.87. The van der Waals surface area contributed by atoms with Crippen LogP contribution in [0.25, 0.3) is 6.08 Å². The molecule has 1 aromatic heterocycles. The number of para-hydroxylation sites is 1. The number of nitrogens with zero attached hydrogens (tertiary/aromatic N) is 2. The van der Waals surface area contributed by atoms with E-state index in [9.17, 15) is 9.59 Å². The van der Waals surface area contributed by atoms with Gasteiger partial charge in [0.1, 0.15) is 30.5 Å². The monoisotopic (exact) mass is 644 g/mol. The molecule has 0 saturated carbocycles. The van der Waals surface area contributed by atoms with E-state index in [2.05, 4.69) is 32.9 Å². The highest BCUT2D eigenvalue weighted by molar-refractivity contribution is 7.07. The van der Waals surface area contributed by atoms with Gasteiger partial charge in [-0.05, 0) is 71.5 Å². The number of esters is 1. The zero-order valence-corrected chi connectivity index (χ0v) is 27.6. The van der Waals surface area contributed by atoms with Crippen LogP contribution in [0.1, 0.15) is 50.4 Å². The first-order chi connectivity index (χ1) is 22.7. The van der Waals surface area contributed by atoms with Gasteiger partial charge in [-0.25, -0.2) is 9.79 Å². The number of aromatic nitrogens is 1. The molecule has 0 N–H and O–H groups in total. The van der Waals surface area contributed by atoms with E-state index in [4.69, 9.17) is 19.2 Å². The fourth-order valence-electron chi connectivity index (χ4n) is 5.40. The van der Waals surface area contributed by atoms with Gasteiger partial charge in [-0.15, -0.1) is 0 Å². The Morgan fingerprint density at radius 2 is 1.47 bits per heavy atom.